The van der Waals surface area contributed by atoms with E-state index in [1.54, 1.807) is 0 Å². The third-order valence-corrected chi connectivity index (χ3v) is 4.93. The maximum Gasteiger partial charge on any atom is 0.0348 e. The number of hydrogen-bond acceptors (Lipinski definition) is 1. The summed E-state index contributed by atoms with van der Waals surface area (Å²) in [4.78, 5) is 0. The van der Waals surface area contributed by atoms with E-state index in [4.69, 9.17) is 0 Å². The Morgan fingerprint density at radius 1 is 1.10 bits per heavy atom. The van der Waals surface area contributed by atoms with Crippen molar-refractivity contribution in [1.29, 1.82) is 0 Å². The van der Waals surface area contributed by atoms with E-state index >= 15 is 0 Å². The van der Waals surface area contributed by atoms with Crippen LogP contribution in [0.1, 0.15) is 70.0 Å². The SMILES string of the molecule is CCCc1ccc(C(NCC)C2CCC(CC)C2)cc1. The molecular formula is C19H31N. The zero-order valence-electron chi connectivity index (χ0n) is 13.5. The van der Waals surface area contributed by atoms with E-state index in [0.29, 0.717) is 6.04 Å². The lowest BCUT2D eigenvalue weighted by Crippen LogP contribution is -2.27. The van der Waals surface area contributed by atoms with Crippen LogP contribution >= 0.6 is 0 Å². The van der Waals surface area contributed by atoms with Crippen LogP contribution in [0.3, 0.4) is 0 Å². The van der Waals surface area contributed by atoms with Gasteiger partial charge in [0, 0.05) is 6.04 Å². The van der Waals surface area contributed by atoms with Gasteiger partial charge in [-0.05, 0) is 48.8 Å². The predicted molar refractivity (Wildman–Crippen MR) is 88.0 cm³/mol. The Hall–Kier alpha value is -0.820. The summed E-state index contributed by atoms with van der Waals surface area (Å²) in [6, 6.07) is 9.94. The minimum atomic E-state index is 0.562. The first kappa shape index (κ1) is 15.6. The van der Waals surface area contributed by atoms with Gasteiger partial charge in [0.2, 0.25) is 0 Å². The molecule has 0 saturated heterocycles. The minimum absolute atomic E-state index is 0.562. The molecule has 1 heteroatoms. The van der Waals surface area contributed by atoms with Crippen molar-refractivity contribution in [1.82, 2.24) is 5.32 Å². The molecule has 1 aromatic rings. The van der Waals surface area contributed by atoms with Gasteiger partial charge in [-0.3, -0.25) is 0 Å². The summed E-state index contributed by atoms with van der Waals surface area (Å²) < 4.78 is 0. The Morgan fingerprint density at radius 3 is 2.40 bits per heavy atom. The van der Waals surface area contributed by atoms with E-state index < -0.39 is 0 Å². The van der Waals surface area contributed by atoms with Crippen LogP contribution in [0, 0.1) is 11.8 Å². The van der Waals surface area contributed by atoms with Crippen molar-refractivity contribution in [3.05, 3.63) is 35.4 Å². The van der Waals surface area contributed by atoms with Gasteiger partial charge < -0.3 is 5.32 Å². The van der Waals surface area contributed by atoms with Crippen LogP contribution in [-0.2, 0) is 6.42 Å². The van der Waals surface area contributed by atoms with Gasteiger partial charge in [0.15, 0.2) is 0 Å². The Labute approximate surface area is 125 Å². The van der Waals surface area contributed by atoms with Gasteiger partial charge in [-0.1, -0.05) is 64.3 Å². The molecule has 1 aliphatic rings. The summed E-state index contributed by atoms with van der Waals surface area (Å²) in [7, 11) is 0. The molecule has 1 aliphatic carbocycles. The van der Waals surface area contributed by atoms with Gasteiger partial charge in [-0.15, -0.1) is 0 Å². The lowest BCUT2D eigenvalue weighted by Gasteiger charge is -2.25. The van der Waals surface area contributed by atoms with Crippen LogP contribution in [0.15, 0.2) is 24.3 Å². The maximum absolute atomic E-state index is 3.74. The number of benzene rings is 1. The molecule has 1 N–H and O–H groups in total. The Kier molecular flexibility index (Phi) is 6.09. The highest BCUT2D eigenvalue weighted by molar-refractivity contribution is 5.26. The molecule has 0 bridgehead atoms. The molecule has 3 unspecified atom stereocenters. The first-order valence-corrected chi connectivity index (χ1v) is 8.60. The number of rotatable bonds is 7. The molecular weight excluding hydrogens is 242 g/mol. The number of hydrogen-bond donors (Lipinski definition) is 1. The van der Waals surface area contributed by atoms with Gasteiger partial charge in [-0.25, -0.2) is 0 Å². The van der Waals surface area contributed by atoms with Crippen LogP contribution in [0.2, 0.25) is 0 Å². The molecule has 0 spiro atoms. The standard InChI is InChI=1S/C19H31N/c1-4-7-16-9-11-17(12-10-16)19(20-6-3)18-13-8-15(5-2)14-18/h9-12,15,18-20H,4-8,13-14H2,1-3H3. The highest BCUT2D eigenvalue weighted by Crippen LogP contribution is 2.40. The van der Waals surface area contributed by atoms with E-state index in [2.05, 4.69) is 50.4 Å². The number of aryl methyl sites for hydroxylation is 1. The summed E-state index contributed by atoms with van der Waals surface area (Å²) in [6.07, 6.45) is 8.02. The lowest BCUT2D eigenvalue weighted by molar-refractivity contribution is 0.359. The molecule has 0 aromatic heterocycles. The van der Waals surface area contributed by atoms with Gasteiger partial charge >= 0.3 is 0 Å². The van der Waals surface area contributed by atoms with Crippen molar-refractivity contribution < 1.29 is 0 Å². The van der Waals surface area contributed by atoms with Crippen molar-refractivity contribution in [2.45, 2.75) is 65.3 Å². The predicted octanol–water partition coefficient (Wildman–Crippen LogP) is 5.12. The molecule has 2 rings (SSSR count). The fourth-order valence-electron chi connectivity index (χ4n) is 3.74. The zero-order chi connectivity index (χ0) is 14.4. The average Bonchev–Trinajstić information content (AvgIpc) is 2.95. The van der Waals surface area contributed by atoms with Gasteiger partial charge in [-0.2, -0.15) is 0 Å². The molecule has 0 radical (unpaired) electrons. The topological polar surface area (TPSA) is 12.0 Å². The first-order valence-electron chi connectivity index (χ1n) is 8.60. The fourth-order valence-corrected chi connectivity index (χ4v) is 3.74. The molecule has 1 aromatic carbocycles. The van der Waals surface area contributed by atoms with Crippen LogP contribution in [0.25, 0.3) is 0 Å². The van der Waals surface area contributed by atoms with Crippen molar-refractivity contribution in [3.63, 3.8) is 0 Å². The van der Waals surface area contributed by atoms with E-state index in [-0.39, 0.29) is 0 Å². The second-order valence-corrected chi connectivity index (χ2v) is 6.37. The third kappa shape index (κ3) is 3.85. The second kappa shape index (κ2) is 7.83. The van der Waals surface area contributed by atoms with Crippen molar-refractivity contribution in [2.75, 3.05) is 6.54 Å². The fraction of sp³-hybridized carbons (Fsp3) is 0.684. The first-order chi connectivity index (χ1) is 9.78. The van der Waals surface area contributed by atoms with E-state index in [1.807, 2.05) is 0 Å². The molecule has 0 amide bonds. The zero-order valence-corrected chi connectivity index (χ0v) is 13.5. The summed E-state index contributed by atoms with van der Waals surface area (Å²) in [5.74, 6) is 1.79. The third-order valence-electron chi connectivity index (χ3n) is 4.93. The van der Waals surface area contributed by atoms with E-state index in [9.17, 15) is 0 Å². The van der Waals surface area contributed by atoms with Gasteiger partial charge in [0.1, 0.15) is 0 Å². The molecule has 1 saturated carbocycles. The molecule has 1 fully saturated rings. The summed E-state index contributed by atoms with van der Waals surface area (Å²) in [5, 5.41) is 3.74. The summed E-state index contributed by atoms with van der Waals surface area (Å²) >= 11 is 0. The van der Waals surface area contributed by atoms with Crippen molar-refractivity contribution >= 4 is 0 Å². The maximum atomic E-state index is 3.74. The van der Waals surface area contributed by atoms with Crippen molar-refractivity contribution in [3.8, 4) is 0 Å². The average molecular weight is 273 g/mol. The molecule has 1 nitrogen and oxygen atoms in total. The Bertz CT molecular complexity index is 381. The largest absolute Gasteiger partial charge is 0.310 e. The van der Waals surface area contributed by atoms with E-state index in [0.717, 1.165) is 18.4 Å². The van der Waals surface area contributed by atoms with E-state index in [1.165, 1.54) is 49.7 Å². The Balaban J connectivity index is 2.07. The molecule has 0 heterocycles. The number of nitrogens with one attached hydrogen (secondary N) is 1. The van der Waals surface area contributed by atoms with Crippen LogP contribution < -0.4 is 5.32 Å². The van der Waals surface area contributed by atoms with Crippen LogP contribution in [0.4, 0.5) is 0 Å². The van der Waals surface area contributed by atoms with Crippen LogP contribution in [0.5, 0.6) is 0 Å². The monoisotopic (exact) mass is 273 g/mol. The quantitative estimate of drug-likeness (QED) is 0.727. The normalized spacial score (nSPS) is 23.9. The second-order valence-electron chi connectivity index (χ2n) is 6.37. The lowest BCUT2D eigenvalue weighted by atomic mass is 9.89. The van der Waals surface area contributed by atoms with Crippen LogP contribution in [-0.4, -0.2) is 6.54 Å². The Morgan fingerprint density at radius 2 is 1.85 bits per heavy atom. The summed E-state index contributed by atoms with van der Waals surface area (Å²) in [6.45, 7) is 7.88. The summed E-state index contributed by atoms with van der Waals surface area (Å²) in [5.41, 5.74) is 2.97. The highest BCUT2D eigenvalue weighted by Gasteiger charge is 2.30. The molecule has 20 heavy (non-hydrogen) atoms. The van der Waals surface area contributed by atoms with Gasteiger partial charge in [0.05, 0.1) is 0 Å². The smallest absolute Gasteiger partial charge is 0.0348 e. The molecule has 112 valence electrons. The minimum Gasteiger partial charge on any atom is -0.310 e. The molecule has 0 aliphatic heterocycles. The highest BCUT2D eigenvalue weighted by atomic mass is 14.9. The molecule has 3 atom stereocenters. The van der Waals surface area contributed by atoms with Crippen molar-refractivity contribution in [2.24, 2.45) is 11.8 Å². The van der Waals surface area contributed by atoms with Gasteiger partial charge in [0.25, 0.3) is 0 Å².